The Bertz CT molecular complexity index is 926. The molecule has 132 valence electrons. The van der Waals surface area contributed by atoms with Crippen molar-refractivity contribution in [2.45, 2.75) is 33.6 Å². The molecule has 26 heavy (non-hydrogen) atoms. The summed E-state index contributed by atoms with van der Waals surface area (Å²) in [6.45, 7) is 5.99. The fourth-order valence-electron chi connectivity index (χ4n) is 2.45. The topological polar surface area (TPSA) is 77.9 Å². The molecular weight excluding hydrogens is 328 g/mol. The molecule has 0 amide bonds. The molecule has 0 atom stereocenters. The van der Waals surface area contributed by atoms with Crippen LogP contribution < -0.4 is 4.74 Å². The van der Waals surface area contributed by atoms with E-state index in [2.05, 4.69) is 19.9 Å². The van der Waals surface area contributed by atoms with Gasteiger partial charge in [-0.2, -0.15) is 0 Å². The first-order valence-electron chi connectivity index (χ1n) is 8.44. The van der Waals surface area contributed by atoms with Crippen LogP contribution in [-0.2, 0) is 12.8 Å². The average Bonchev–Trinajstić information content (AvgIpc) is 2.65. The minimum Gasteiger partial charge on any atom is -0.454 e. The molecule has 0 spiro atoms. The molecule has 0 saturated carbocycles. The fourth-order valence-corrected chi connectivity index (χ4v) is 2.45. The number of aromatic nitrogens is 4. The maximum Gasteiger partial charge on any atom is 0.187 e. The molecule has 0 aliphatic heterocycles. The number of pyridine rings is 2. The van der Waals surface area contributed by atoms with Crippen LogP contribution >= 0.6 is 0 Å². The van der Waals surface area contributed by atoms with Crippen molar-refractivity contribution in [1.82, 2.24) is 19.9 Å². The van der Waals surface area contributed by atoms with Crippen molar-refractivity contribution in [3.63, 3.8) is 0 Å². The van der Waals surface area contributed by atoms with Crippen LogP contribution in [0.2, 0.25) is 0 Å². The molecule has 3 heterocycles. The Morgan fingerprint density at radius 3 is 2.42 bits per heavy atom. The van der Waals surface area contributed by atoms with Crippen LogP contribution in [0.15, 0.2) is 43.1 Å². The highest BCUT2D eigenvalue weighted by Gasteiger charge is 2.14. The highest BCUT2D eigenvalue weighted by atomic mass is 16.5. The second-order valence-corrected chi connectivity index (χ2v) is 6.07. The molecule has 3 rings (SSSR count). The molecule has 0 aliphatic carbocycles. The van der Waals surface area contributed by atoms with Gasteiger partial charge in [0.1, 0.15) is 17.8 Å². The standard InChI is InChI=1S/C20H20N4O2/c1-4-15-6-17(26-18-10-21-12-22-11-18)8-19(24-15)20(25)7-16-5-13(2)14(3)9-23-16/h5-6,8-12H,4,7H2,1-3H3. The van der Waals surface area contributed by atoms with E-state index < -0.39 is 0 Å². The van der Waals surface area contributed by atoms with Gasteiger partial charge in [0.05, 0.1) is 18.8 Å². The second kappa shape index (κ2) is 7.82. The summed E-state index contributed by atoms with van der Waals surface area (Å²) < 4.78 is 5.76. The van der Waals surface area contributed by atoms with E-state index in [9.17, 15) is 4.79 Å². The Kier molecular flexibility index (Phi) is 5.31. The van der Waals surface area contributed by atoms with Crippen LogP contribution in [-0.4, -0.2) is 25.7 Å². The van der Waals surface area contributed by atoms with E-state index in [0.29, 0.717) is 23.6 Å². The van der Waals surface area contributed by atoms with Gasteiger partial charge in [-0.3, -0.25) is 9.78 Å². The number of Topliss-reactive ketones (excluding diaryl/α,β-unsaturated/α-hetero) is 1. The summed E-state index contributed by atoms with van der Waals surface area (Å²) in [6.07, 6.45) is 7.26. The fraction of sp³-hybridized carbons (Fsp3) is 0.250. The van der Waals surface area contributed by atoms with Crippen LogP contribution in [0.1, 0.15) is 39.9 Å². The Balaban J connectivity index is 1.84. The molecule has 3 aromatic heterocycles. The summed E-state index contributed by atoms with van der Waals surface area (Å²) in [5.74, 6) is 0.961. The number of carbonyl (C=O) groups is 1. The Hall–Kier alpha value is -3.15. The van der Waals surface area contributed by atoms with Crippen molar-refractivity contribution in [2.75, 3.05) is 0 Å². The summed E-state index contributed by atoms with van der Waals surface area (Å²) in [5.41, 5.74) is 4.12. The van der Waals surface area contributed by atoms with Crippen LogP contribution in [0.5, 0.6) is 11.5 Å². The van der Waals surface area contributed by atoms with Crippen molar-refractivity contribution in [3.8, 4) is 11.5 Å². The van der Waals surface area contributed by atoms with Gasteiger partial charge in [-0.25, -0.2) is 15.0 Å². The molecule has 6 nitrogen and oxygen atoms in total. The molecule has 0 unspecified atom stereocenters. The normalized spacial score (nSPS) is 10.6. The predicted octanol–water partition coefficient (Wildman–Crippen LogP) is 3.66. The molecule has 0 fully saturated rings. The minimum absolute atomic E-state index is 0.0924. The second-order valence-electron chi connectivity index (χ2n) is 6.07. The van der Waals surface area contributed by atoms with Crippen molar-refractivity contribution in [1.29, 1.82) is 0 Å². The summed E-state index contributed by atoms with van der Waals surface area (Å²) in [5, 5.41) is 0. The van der Waals surface area contributed by atoms with Gasteiger partial charge < -0.3 is 4.74 Å². The number of ketones is 1. The molecule has 0 saturated heterocycles. The molecule has 0 aromatic carbocycles. The lowest BCUT2D eigenvalue weighted by atomic mass is 10.1. The van der Waals surface area contributed by atoms with Gasteiger partial charge in [-0.15, -0.1) is 0 Å². The number of hydrogen-bond acceptors (Lipinski definition) is 6. The number of nitrogens with zero attached hydrogens (tertiary/aromatic N) is 4. The zero-order valence-corrected chi connectivity index (χ0v) is 15.1. The van der Waals surface area contributed by atoms with Gasteiger partial charge >= 0.3 is 0 Å². The van der Waals surface area contributed by atoms with Crippen molar-refractivity contribution in [2.24, 2.45) is 0 Å². The largest absolute Gasteiger partial charge is 0.454 e. The van der Waals surface area contributed by atoms with Gasteiger partial charge in [-0.1, -0.05) is 6.92 Å². The monoisotopic (exact) mass is 348 g/mol. The first kappa shape index (κ1) is 17.7. The lowest BCUT2D eigenvalue weighted by Gasteiger charge is -2.09. The SMILES string of the molecule is CCc1cc(Oc2cncnc2)cc(C(=O)Cc2cc(C)c(C)cn2)n1. The van der Waals surface area contributed by atoms with Gasteiger partial charge in [0.2, 0.25) is 0 Å². The van der Waals surface area contributed by atoms with Crippen LogP contribution in [0, 0.1) is 13.8 Å². The van der Waals surface area contributed by atoms with E-state index in [0.717, 1.165) is 22.5 Å². The number of ether oxygens (including phenoxy) is 1. The van der Waals surface area contributed by atoms with E-state index in [1.165, 1.54) is 6.33 Å². The number of aryl methyl sites for hydroxylation is 3. The van der Waals surface area contributed by atoms with Gasteiger partial charge in [0, 0.05) is 29.7 Å². The molecular formula is C20H20N4O2. The Morgan fingerprint density at radius 1 is 0.962 bits per heavy atom. The van der Waals surface area contributed by atoms with Gasteiger partial charge in [0.25, 0.3) is 0 Å². The highest BCUT2D eigenvalue weighted by Crippen LogP contribution is 2.22. The maximum atomic E-state index is 12.7. The maximum absolute atomic E-state index is 12.7. The highest BCUT2D eigenvalue weighted by molar-refractivity contribution is 5.96. The first-order valence-corrected chi connectivity index (χ1v) is 8.44. The molecule has 0 N–H and O–H groups in total. The number of carbonyl (C=O) groups excluding carboxylic acids is 1. The zero-order valence-electron chi connectivity index (χ0n) is 15.1. The summed E-state index contributed by atoms with van der Waals surface area (Å²) in [7, 11) is 0. The van der Waals surface area contributed by atoms with Crippen LogP contribution in [0.25, 0.3) is 0 Å². The van der Waals surface area contributed by atoms with Crippen LogP contribution in [0.4, 0.5) is 0 Å². The van der Waals surface area contributed by atoms with Crippen LogP contribution in [0.3, 0.4) is 0 Å². The molecule has 0 bridgehead atoms. The molecule has 0 radical (unpaired) electrons. The van der Waals surface area contributed by atoms with E-state index in [1.807, 2.05) is 32.9 Å². The van der Waals surface area contributed by atoms with Gasteiger partial charge in [-0.05, 0) is 37.5 Å². The van der Waals surface area contributed by atoms with Crippen molar-refractivity contribution < 1.29 is 9.53 Å². The lowest BCUT2D eigenvalue weighted by Crippen LogP contribution is -2.09. The number of rotatable bonds is 6. The summed E-state index contributed by atoms with van der Waals surface area (Å²) in [4.78, 5) is 29.3. The Labute approximate surface area is 152 Å². The third-order valence-corrected chi connectivity index (χ3v) is 4.04. The van der Waals surface area contributed by atoms with Crippen molar-refractivity contribution >= 4 is 5.78 Å². The zero-order chi connectivity index (χ0) is 18.5. The van der Waals surface area contributed by atoms with E-state index >= 15 is 0 Å². The van der Waals surface area contributed by atoms with Gasteiger partial charge in [0.15, 0.2) is 11.5 Å². The smallest absolute Gasteiger partial charge is 0.187 e. The number of hydrogen-bond donors (Lipinski definition) is 0. The molecule has 3 aromatic rings. The van der Waals surface area contributed by atoms with E-state index in [1.54, 1.807) is 24.7 Å². The molecule has 6 heteroatoms. The average molecular weight is 348 g/mol. The first-order chi connectivity index (χ1) is 12.5. The lowest BCUT2D eigenvalue weighted by molar-refractivity contribution is 0.0986. The summed E-state index contributed by atoms with van der Waals surface area (Å²) >= 11 is 0. The van der Waals surface area contributed by atoms with E-state index in [-0.39, 0.29) is 12.2 Å². The minimum atomic E-state index is -0.0924. The summed E-state index contributed by atoms with van der Waals surface area (Å²) in [6, 6.07) is 5.41. The third kappa shape index (κ3) is 4.27. The predicted molar refractivity (Wildman–Crippen MR) is 97.5 cm³/mol. The van der Waals surface area contributed by atoms with Crippen molar-refractivity contribution in [3.05, 3.63) is 71.3 Å². The molecule has 0 aliphatic rings. The third-order valence-electron chi connectivity index (χ3n) is 4.04. The Morgan fingerprint density at radius 2 is 1.73 bits per heavy atom. The quantitative estimate of drug-likeness (QED) is 0.633. The van der Waals surface area contributed by atoms with E-state index in [4.69, 9.17) is 4.74 Å².